The fourth-order valence-electron chi connectivity index (χ4n) is 3.32. The van der Waals surface area contributed by atoms with Crippen molar-refractivity contribution in [3.63, 3.8) is 0 Å². The van der Waals surface area contributed by atoms with Gasteiger partial charge in [0.2, 0.25) is 5.95 Å². The molecule has 0 bridgehead atoms. The average molecular weight is 318 g/mol. The largest absolute Gasteiger partial charge is 0.396 e. The number of nitrogens with zero attached hydrogens (tertiary/aromatic N) is 2. The van der Waals surface area contributed by atoms with Crippen molar-refractivity contribution in [1.82, 2.24) is 9.97 Å². The zero-order valence-electron chi connectivity index (χ0n) is 12.9. The van der Waals surface area contributed by atoms with Crippen LogP contribution < -0.4 is 11.1 Å². The molecule has 22 heavy (non-hydrogen) atoms. The van der Waals surface area contributed by atoms with Gasteiger partial charge >= 0.3 is 0 Å². The van der Waals surface area contributed by atoms with Crippen LogP contribution in [0.1, 0.15) is 25.5 Å². The van der Waals surface area contributed by atoms with Gasteiger partial charge in [-0.15, -0.1) is 11.3 Å². The van der Waals surface area contributed by atoms with Gasteiger partial charge in [0.15, 0.2) is 0 Å². The molecule has 3 atom stereocenters. The first kappa shape index (κ1) is 15.2. The normalized spacial score (nSPS) is 24.6. The molecule has 3 rings (SSSR count). The van der Waals surface area contributed by atoms with Crippen molar-refractivity contribution in [1.29, 1.82) is 0 Å². The number of aliphatic hydroxyl groups excluding tert-OH is 1. The van der Waals surface area contributed by atoms with Crippen molar-refractivity contribution in [3.8, 4) is 10.4 Å². The number of hydrogen-bond acceptors (Lipinski definition) is 6. The number of thiophene rings is 1. The van der Waals surface area contributed by atoms with Gasteiger partial charge in [-0.1, -0.05) is 13.0 Å². The minimum atomic E-state index is 0.255. The minimum Gasteiger partial charge on any atom is -0.396 e. The standard InChI is InChI=1S/C16H22N4OS/c1-9-6-11(8-21)7-12(9)19-15-14(13-4-3-5-22-13)10(2)18-16(17)20-15/h3-5,9,11-12,21H,6-8H2,1-2H3,(H3,17,18,19,20)/t9-,11-,12-/m1/s1. The number of aliphatic hydroxyl groups is 1. The van der Waals surface area contributed by atoms with Crippen LogP contribution in [0.3, 0.4) is 0 Å². The van der Waals surface area contributed by atoms with E-state index in [1.165, 1.54) is 0 Å². The Labute approximate surface area is 134 Å². The number of nitrogens with two attached hydrogens (primary N) is 1. The van der Waals surface area contributed by atoms with Crippen molar-refractivity contribution in [3.05, 3.63) is 23.2 Å². The molecule has 0 unspecified atom stereocenters. The monoisotopic (exact) mass is 318 g/mol. The molecule has 6 heteroatoms. The van der Waals surface area contributed by atoms with Crippen LogP contribution in [0.25, 0.3) is 10.4 Å². The summed E-state index contributed by atoms with van der Waals surface area (Å²) in [4.78, 5) is 9.89. The number of rotatable bonds is 4. The molecule has 0 amide bonds. The summed E-state index contributed by atoms with van der Waals surface area (Å²) in [7, 11) is 0. The zero-order chi connectivity index (χ0) is 15.7. The van der Waals surface area contributed by atoms with Crippen LogP contribution in [0.4, 0.5) is 11.8 Å². The van der Waals surface area contributed by atoms with Crippen molar-refractivity contribution >= 4 is 23.1 Å². The van der Waals surface area contributed by atoms with Crippen LogP contribution in [0.2, 0.25) is 0 Å². The van der Waals surface area contributed by atoms with E-state index in [1.54, 1.807) is 11.3 Å². The van der Waals surface area contributed by atoms with Gasteiger partial charge in [0.1, 0.15) is 5.82 Å². The highest BCUT2D eigenvalue weighted by Crippen LogP contribution is 2.37. The predicted octanol–water partition coefficient (Wildman–Crippen LogP) is 2.91. The van der Waals surface area contributed by atoms with Gasteiger partial charge in [-0.2, -0.15) is 4.98 Å². The Morgan fingerprint density at radius 1 is 1.41 bits per heavy atom. The molecule has 0 aliphatic heterocycles. The maximum atomic E-state index is 9.39. The molecular weight excluding hydrogens is 296 g/mol. The van der Waals surface area contributed by atoms with Gasteiger partial charge < -0.3 is 16.2 Å². The Kier molecular flexibility index (Phi) is 4.31. The maximum absolute atomic E-state index is 9.39. The molecule has 0 saturated heterocycles. The fourth-order valence-corrected chi connectivity index (χ4v) is 4.14. The summed E-state index contributed by atoms with van der Waals surface area (Å²) in [6.07, 6.45) is 2.01. The van der Waals surface area contributed by atoms with Gasteiger partial charge in [0.05, 0.1) is 11.3 Å². The van der Waals surface area contributed by atoms with E-state index in [1.807, 2.05) is 13.0 Å². The van der Waals surface area contributed by atoms with E-state index in [9.17, 15) is 5.11 Å². The lowest BCUT2D eigenvalue weighted by atomic mass is 10.1. The first-order valence-corrected chi connectivity index (χ1v) is 8.51. The van der Waals surface area contributed by atoms with Crippen molar-refractivity contribution in [2.45, 2.75) is 32.7 Å². The van der Waals surface area contributed by atoms with Crippen molar-refractivity contribution < 1.29 is 5.11 Å². The van der Waals surface area contributed by atoms with Crippen LogP contribution in [0.5, 0.6) is 0 Å². The Hall–Kier alpha value is -1.66. The molecule has 1 fully saturated rings. The van der Waals surface area contributed by atoms with Gasteiger partial charge in [0.25, 0.3) is 0 Å². The van der Waals surface area contributed by atoms with Crippen LogP contribution in [0.15, 0.2) is 17.5 Å². The lowest BCUT2D eigenvalue weighted by Crippen LogP contribution is -2.24. The molecule has 0 spiro atoms. The highest BCUT2D eigenvalue weighted by atomic mass is 32.1. The first-order valence-electron chi connectivity index (χ1n) is 7.64. The number of hydrogen-bond donors (Lipinski definition) is 3. The molecule has 118 valence electrons. The highest BCUT2D eigenvalue weighted by Gasteiger charge is 2.31. The van der Waals surface area contributed by atoms with Crippen LogP contribution in [-0.4, -0.2) is 27.7 Å². The first-order chi connectivity index (χ1) is 10.6. The van der Waals surface area contributed by atoms with E-state index < -0.39 is 0 Å². The van der Waals surface area contributed by atoms with Crippen LogP contribution in [0, 0.1) is 18.8 Å². The third-order valence-corrected chi connectivity index (χ3v) is 5.32. The number of aromatic nitrogens is 2. The summed E-state index contributed by atoms with van der Waals surface area (Å²) in [6.45, 7) is 4.44. The third kappa shape index (κ3) is 2.94. The second-order valence-electron chi connectivity index (χ2n) is 6.12. The Morgan fingerprint density at radius 2 is 2.23 bits per heavy atom. The van der Waals surface area contributed by atoms with Gasteiger partial charge in [0, 0.05) is 17.5 Å². The lowest BCUT2D eigenvalue weighted by Gasteiger charge is -2.20. The molecule has 1 aliphatic rings. The maximum Gasteiger partial charge on any atom is 0.222 e. The van der Waals surface area contributed by atoms with Crippen LogP contribution in [-0.2, 0) is 0 Å². The molecule has 5 nitrogen and oxygen atoms in total. The number of nitrogens with one attached hydrogen (secondary N) is 1. The van der Waals surface area contributed by atoms with E-state index in [4.69, 9.17) is 5.73 Å². The quantitative estimate of drug-likeness (QED) is 0.807. The summed E-state index contributed by atoms with van der Waals surface area (Å²) >= 11 is 1.67. The molecule has 4 N–H and O–H groups in total. The average Bonchev–Trinajstić information content (AvgIpc) is 3.09. The fraction of sp³-hybridized carbons (Fsp3) is 0.500. The SMILES string of the molecule is Cc1nc(N)nc(N[C@@H]2C[C@H](CO)C[C@H]2C)c1-c1cccs1. The van der Waals surface area contributed by atoms with Crippen LogP contribution >= 0.6 is 11.3 Å². The molecule has 0 radical (unpaired) electrons. The second kappa shape index (κ2) is 6.22. The molecule has 0 aromatic carbocycles. The van der Waals surface area contributed by atoms with E-state index >= 15 is 0 Å². The molecule has 1 saturated carbocycles. The summed E-state index contributed by atoms with van der Waals surface area (Å²) in [6, 6.07) is 4.41. The number of anilines is 2. The van der Waals surface area contributed by atoms with E-state index in [2.05, 4.69) is 33.7 Å². The molecule has 2 aromatic rings. The minimum absolute atomic E-state index is 0.255. The summed E-state index contributed by atoms with van der Waals surface area (Å²) in [5, 5.41) is 15.0. The third-order valence-electron chi connectivity index (χ3n) is 4.43. The molecule has 2 heterocycles. The second-order valence-corrected chi connectivity index (χ2v) is 7.06. The van der Waals surface area contributed by atoms with E-state index in [0.717, 1.165) is 34.8 Å². The molecule has 1 aliphatic carbocycles. The van der Waals surface area contributed by atoms with Crippen molar-refractivity contribution in [2.24, 2.45) is 11.8 Å². The highest BCUT2D eigenvalue weighted by molar-refractivity contribution is 7.13. The lowest BCUT2D eigenvalue weighted by molar-refractivity contribution is 0.226. The summed E-state index contributed by atoms with van der Waals surface area (Å²) < 4.78 is 0. The molecule has 2 aromatic heterocycles. The summed E-state index contributed by atoms with van der Waals surface area (Å²) in [5.41, 5.74) is 7.77. The Morgan fingerprint density at radius 3 is 2.86 bits per heavy atom. The van der Waals surface area contributed by atoms with E-state index in [-0.39, 0.29) is 6.61 Å². The Balaban J connectivity index is 1.93. The number of aryl methyl sites for hydroxylation is 1. The smallest absolute Gasteiger partial charge is 0.222 e. The summed E-state index contributed by atoms with van der Waals surface area (Å²) in [5.74, 6) is 1.98. The van der Waals surface area contributed by atoms with E-state index in [0.29, 0.717) is 23.8 Å². The topological polar surface area (TPSA) is 84.1 Å². The Bertz CT molecular complexity index is 644. The van der Waals surface area contributed by atoms with Gasteiger partial charge in [-0.25, -0.2) is 4.98 Å². The molecular formula is C16H22N4OS. The van der Waals surface area contributed by atoms with Crippen molar-refractivity contribution in [2.75, 3.05) is 17.7 Å². The van der Waals surface area contributed by atoms with Gasteiger partial charge in [-0.3, -0.25) is 0 Å². The predicted molar refractivity (Wildman–Crippen MR) is 90.9 cm³/mol. The zero-order valence-corrected chi connectivity index (χ0v) is 13.7. The number of nitrogen functional groups attached to an aromatic ring is 1. The van der Waals surface area contributed by atoms with Gasteiger partial charge in [-0.05, 0) is 43.0 Å².